The number of carbonyl (C=O) groups excluding carboxylic acids is 1. The van der Waals surface area contributed by atoms with Gasteiger partial charge in [-0.2, -0.15) is 0 Å². The van der Waals surface area contributed by atoms with E-state index in [0.717, 1.165) is 10.9 Å². The van der Waals surface area contributed by atoms with Crippen LogP contribution in [0.5, 0.6) is 5.75 Å². The van der Waals surface area contributed by atoms with Gasteiger partial charge in [0.1, 0.15) is 22.7 Å². The highest BCUT2D eigenvalue weighted by Crippen LogP contribution is 2.38. The second kappa shape index (κ2) is 8.73. The summed E-state index contributed by atoms with van der Waals surface area (Å²) in [5.41, 5.74) is 1.35. The standard InChI is InChI=1S/C25H25F3O4/c1-15(2)23(29)32-24(4,5)14-16(3)17-10-11-18-13-22(30-21(18)12-17)19-8-6-7-9-20(19)31-25(26,27)28/h6-13,16H,1,14H2,2-5H3. The van der Waals surface area contributed by atoms with Gasteiger partial charge in [0, 0.05) is 11.0 Å². The lowest BCUT2D eigenvalue weighted by Gasteiger charge is -2.28. The third-order valence-electron chi connectivity index (χ3n) is 5.01. The number of hydrogen-bond acceptors (Lipinski definition) is 4. The van der Waals surface area contributed by atoms with E-state index in [1.54, 1.807) is 19.1 Å². The molecule has 0 amide bonds. The van der Waals surface area contributed by atoms with E-state index < -0.39 is 17.9 Å². The minimum atomic E-state index is -4.80. The number of fused-ring (bicyclic) bond motifs is 1. The van der Waals surface area contributed by atoms with Gasteiger partial charge < -0.3 is 13.9 Å². The molecule has 0 aliphatic carbocycles. The fraction of sp³-hybridized carbons (Fsp3) is 0.320. The molecule has 0 saturated carbocycles. The number of carbonyl (C=O) groups is 1. The molecule has 2 aromatic carbocycles. The smallest absolute Gasteiger partial charge is 0.456 e. The van der Waals surface area contributed by atoms with Gasteiger partial charge in [0.05, 0.1) is 5.56 Å². The van der Waals surface area contributed by atoms with Crippen molar-refractivity contribution in [3.63, 3.8) is 0 Å². The van der Waals surface area contributed by atoms with Crippen LogP contribution >= 0.6 is 0 Å². The van der Waals surface area contributed by atoms with E-state index in [-0.39, 0.29) is 23.0 Å². The fourth-order valence-electron chi connectivity index (χ4n) is 3.61. The van der Waals surface area contributed by atoms with Crippen LogP contribution in [-0.4, -0.2) is 17.9 Å². The molecule has 1 unspecified atom stereocenters. The van der Waals surface area contributed by atoms with E-state index in [0.29, 0.717) is 17.6 Å². The van der Waals surface area contributed by atoms with Crippen LogP contribution in [0.2, 0.25) is 0 Å². The Hall–Kier alpha value is -3.22. The molecule has 1 aromatic heterocycles. The number of rotatable bonds is 7. The van der Waals surface area contributed by atoms with Crippen LogP contribution in [0.25, 0.3) is 22.3 Å². The van der Waals surface area contributed by atoms with E-state index in [4.69, 9.17) is 9.15 Å². The molecular formula is C25H25F3O4. The average Bonchev–Trinajstić information content (AvgIpc) is 3.09. The summed E-state index contributed by atoms with van der Waals surface area (Å²) in [6.45, 7) is 10.9. The summed E-state index contributed by atoms with van der Waals surface area (Å²) >= 11 is 0. The zero-order chi connectivity index (χ0) is 23.7. The zero-order valence-electron chi connectivity index (χ0n) is 18.4. The number of benzene rings is 2. The molecule has 1 heterocycles. The Morgan fingerprint density at radius 2 is 1.81 bits per heavy atom. The third-order valence-corrected chi connectivity index (χ3v) is 5.01. The Labute approximate surface area is 184 Å². The molecule has 0 bridgehead atoms. The van der Waals surface area contributed by atoms with Crippen LogP contribution in [0, 0.1) is 0 Å². The fourth-order valence-corrected chi connectivity index (χ4v) is 3.61. The van der Waals surface area contributed by atoms with Gasteiger partial charge in [0.15, 0.2) is 0 Å². The molecule has 3 rings (SSSR count). The molecule has 1 atom stereocenters. The molecule has 0 N–H and O–H groups in total. The lowest BCUT2D eigenvalue weighted by atomic mass is 9.89. The molecular weight excluding hydrogens is 421 g/mol. The van der Waals surface area contributed by atoms with Crippen LogP contribution in [0.3, 0.4) is 0 Å². The predicted molar refractivity (Wildman–Crippen MR) is 116 cm³/mol. The molecule has 170 valence electrons. The summed E-state index contributed by atoms with van der Waals surface area (Å²) in [7, 11) is 0. The van der Waals surface area contributed by atoms with Crippen molar-refractivity contribution >= 4 is 16.9 Å². The number of para-hydroxylation sites is 1. The van der Waals surface area contributed by atoms with Gasteiger partial charge in [-0.1, -0.05) is 37.8 Å². The first-order valence-electron chi connectivity index (χ1n) is 10.1. The van der Waals surface area contributed by atoms with Gasteiger partial charge in [-0.25, -0.2) is 4.79 Å². The van der Waals surface area contributed by atoms with Crippen LogP contribution < -0.4 is 4.74 Å². The SMILES string of the molecule is C=C(C)C(=O)OC(C)(C)CC(C)c1ccc2cc(-c3ccccc3OC(F)(F)F)oc2c1. The highest BCUT2D eigenvalue weighted by atomic mass is 19.4. The van der Waals surface area contributed by atoms with Crippen LogP contribution in [0.15, 0.2) is 65.1 Å². The first-order valence-corrected chi connectivity index (χ1v) is 10.1. The Morgan fingerprint density at radius 3 is 2.47 bits per heavy atom. The number of ether oxygens (including phenoxy) is 2. The second-order valence-electron chi connectivity index (χ2n) is 8.49. The van der Waals surface area contributed by atoms with Crippen molar-refractivity contribution in [3.05, 3.63) is 66.2 Å². The minimum Gasteiger partial charge on any atom is -0.456 e. The first kappa shape index (κ1) is 23.4. The highest BCUT2D eigenvalue weighted by molar-refractivity contribution is 5.87. The number of esters is 1. The number of halogens is 3. The van der Waals surface area contributed by atoms with Crippen molar-refractivity contribution in [1.82, 2.24) is 0 Å². The van der Waals surface area contributed by atoms with Gasteiger partial charge in [-0.15, -0.1) is 13.2 Å². The molecule has 0 fully saturated rings. The van der Waals surface area contributed by atoms with Crippen molar-refractivity contribution in [2.75, 3.05) is 0 Å². The second-order valence-corrected chi connectivity index (χ2v) is 8.49. The van der Waals surface area contributed by atoms with E-state index in [9.17, 15) is 18.0 Å². The first-order chi connectivity index (χ1) is 14.8. The topological polar surface area (TPSA) is 48.7 Å². The number of alkyl halides is 3. The Morgan fingerprint density at radius 1 is 1.12 bits per heavy atom. The van der Waals surface area contributed by atoms with Gasteiger partial charge in [0.25, 0.3) is 0 Å². The van der Waals surface area contributed by atoms with Gasteiger partial charge in [-0.3, -0.25) is 0 Å². The summed E-state index contributed by atoms with van der Waals surface area (Å²) in [5.74, 6) is -0.455. The average molecular weight is 446 g/mol. The number of hydrogen-bond donors (Lipinski definition) is 0. The van der Waals surface area contributed by atoms with Crippen LogP contribution in [0.1, 0.15) is 45.6 Å². The zero-order valence-corrected chi connectivity index (χ0v) is 18.4. The summed E-state index contributed by atoms with van der Waals surface area (Å²) in [4.78, 5) is 11.9. The van der Waals surface area contributed by atoms with Gasteiger partial charge >= 0.3 is 12.3 Å². The van der Waals surface area contributed by atoms with E-state index in [2.05, 4.69) is 11.3 Å². The lowest BCUT2D eigenvalue weighted by Crippen LogP contribution is -2.30. The summed E-state index contributed by atoms with van der Waals surface area (Å²) in [6, 6.07) is 13.2. The van der Waals surface area contributed by atoms with Crippen LogP contribution in [0.4, 0.5) is 13.2 Å². The van der Waals surface area contributed by atoms with Crippen molar-refractivity contribution in [1.29, 1.82) is 0 Å². The molecule has 3 aromatic rings. The molecule has 7 heteroatoms. The Balaban J connectivity index is 1.86. The molecule has 0 aliphatic heterocycles. The van der Waals surface area contributed by atoms with Crippen molar-refractivity contribution in [3.8, 4) is 17.1 Å². The van der Waals surface area contributed by atoms with E-state index in [1.807, 2.05) is 39.0 Å². The maximum absolute atomic E-state index is 12.8. The van der Waals surface area contributed by atoms with E-state index >= 15 is 0 Å². The summed E-state index contributed by atoms with van der Waals surface area (Å²) in [6.07, 6.45) is -4.24. The normalized spacial score (nSPS) is 13.1. The Bertz CT molecular complexity index is 1140. The minimum absolute atomic E-state index is 0.0294. The van der Waals surface area contributed by atoms with Crippen molar-refractivity contribution < 1.29 is 31.9 Å². The largest absolute Gasteiger partial charge is 0.573 e. The Kier molecular flexibility index (Phi) is 6.39. The molecule has 0 aliphatic rings. The van der Waals surface area contributed by atoms with Gasteiger partial charge in [-0.05, 0) is 62.9 Å². The maximum atomic E-state index is 12.8. The molecule has 4 nitrogen and oxygen atoms in total. The van der Waals surface area contributed by atoms with Crippen molar-refractivity contribution in [2.24, 2.45) is 0 Å². The van der Waals surface area contributed by atoms with Gasteiger partial charge in [0.2, 0.25) is 0 Å². The monoisotopic (exact) mass is 446 g/mol. The quantitative estimate of drug-likeness (QED) is 0.280. The third kappa shape index (κ3) is 5.72. The summed E-state index contributed by atoms with van der Waals surface area (Å²) < 4.78 is 53.8. The number of furan rings is 1. The van der Waals surface area contributed by atoms with E-state index in [1.165, 1.54) is 18.2 Å². The summed E-state index contributed by atoms with van der Waals surface area (Å²) in [5, 5.41) is 0.755. The molecule has 0 spiro atoms. The molecule has 32 heavy (non-hydrogen) atoms. The molecule has 0 saturated heterocycles. The van der Waals surface area contributed by atoms with Crippen molar-refractivity contribution in [2.45, 2.75) is 52.0 Å². The van der Waals surface area contributed by atoms with Crippen LogP contribution in [-0.2, 0) is 9.53 Å². The molecule has 0 radical (unpaired) electrons. The predicted octanol–water partition coefficient (Wildman–Crippen LogP) is 7.39. The highest BCUT2D eigenvalue weighted by Gasteiger charge is 2.32. The maximum Gasteiger partial charge on any atom is 0.573 e. The lowest BCUT2D eigenvalue weighted by molar-refractivity contribution is -0.274.